The van der Waals surface area contributed by atoms with E-state index in [9.17, 15) is 0 Å². The number of benzene rings is 1. The van der Waals surface area contributed by atoms with Gasteiger partial charge in [0.15, 0.2) is 0 Å². The Bertz CT molecular complexity index is 394. The first-order valence-electron chi connectivity index (χ1n) is 6.22. The fourth-order valence-corrected chi connectivity index (χ4v) is 3.28. The van der Waals surface area contributed by atoms with Gasteiger partial charge in [-0.05, 0) is 36.5 Å². The van der Waals surface area contributed by atoms with Crippen molar-refractivity contribution in [3.63, 3.8) is 0 Å². The van der Waals surface area contributed by atoms with Crippen molar-refractivity contribution in [2.24, 2.45) is 17.6 Å². The van der Waals surface area contributed by atoms with E-state index in [2.05, 4.69) is 28.9 Å². The molecule has 3 heteroatoms. The third-order valence-electron chi connectivity index (χ3n) is 3.94. The van der Waals surface area contributed by atoms with Crippen LogP contribution in [-0.4, -0.2) is 7.11 Å². The van der Waals surface area contributed by atoms with E-state index < -0.39 is 0 Å². The highest BCUT2D eigenvalue weighted by Crippen LogP contribution is 2.41. The van der Waals surface area contributed by atoms with E-state index in [-0.39, 0.29) is 6.04 Å². The highest BCUT2D eigenvalue weighted by molar-refractivity contribution is 9.10. The van der Waals surface area contributed by atoms with Gasteiger partial charge < -0.3 is 10.5 Å². The molecule has 94 valence electrons. The topological polar surface area (TPSA) is 35.2 Å². The molecule has 1 fully saturated rings. The van der Waals surface area contributed by atoms with Gasteiger partial charge >= 0.3 is 0 Å². The number of nitrogens with two attached hydrogens (primary N) is 1. The molecule has 0 bridgehead atoms. The molecule has 2 rings (SSSR count). The molecule has 3 unspecified atom stereocenters. The lowest BCUT2D eigenvalue weighted by molar-refractivity contribution is 0.336. The summed E-state index contributed by atoms with van der Waals surface area (Å²) in [5.74, 6) is 2.20. The Balaban J connectivity index is 2.28. The Morgan fingerprint density at radius 2 is 2.18 bits per heavy atom. The molecule has 17 heavy (non-hydrogen) atoms. The van der Waals surface area contributed by atoms with E-state index in [1.54, 1.807) is 7.11 Å². The van der Waals surface area contributed by atoms with Gasteiger partial charge in [0.25, 0.3) is 0 Å². The van der Waals surface area contributed by atoms with Crippen molar-refractivity contribution in [2.45, 2.75) is 32.2 Å². The summed E-state index contributed by atoms with van der Waals surface area (Å²) in [6.45, 7) is 2.31. The second-order valence-corrected chi connectivity index (χ2v) is 5.90. The summed E-state index contributed by atoms with van der Waals surface area (Å²) < 4.78 is 6.48. The van der Waals surface area contributed by atoms with Crippen molar-refractivity contribution in [1.29, 1.82) is 0 Å². The van der Waals surface area contributed by atoms with E-state index in [0.717, 1.165) is 15.8 Å². The zero-order valence-corrected chi connectivity index (χ0v) is 12.0. The van der Waals surface area contributed by atoms with Gasteiger partial charge in [-0.3, -0.25) is 0 Å². The predicted octanol–water partition coefficient (Wildman–Crippen LogP) is 3.89. The van der Waals surface area contributed by atoms with E-state index in [1.807, 2.05) is 12.1 Å². The first-order valence-corrected chi connectivity index (χ1v) is 7.01. The van der Waals surface area contributed by atoms with E-state index in [1.165, 1.54) is 19.3 Å². The van der Waals surface area contributed by atoms with Crippen LogP contribution in [0.15, 0.2) is 22.7 Å². The molecular formula is C14H20BrNO. The summed E-state index contributed by atoms with van der Waals surface area (Å²) in [7, 11) is 1.71. The minimum absolute atomic E-state index is 0.0833. The van der Waals surface area contributed by atoms with Crippen molar-refractivity contribution < 1.29 is 4.74 Å². The van der Waals surface area contributed by atoms with Gasteiger partial charge in [-0.15, -0.1) is 0 Å². The van der Waals surface area contributed by atoms with Gasteiger partial charge in [0.2, 0.25) is 0 Å². The van der Waals surface area contributed by atoms with E-state index in [4.69, 9.17) is 10.5 Å². The molecule has 1 aromatic rings. The van der Waals surface area contributed by atoms with Gasteiger partial charge in [0.05, 0.1) is 7.11 Å². The normalized spacial score (nSPS) is 25.9. The predicted molar refractivity (Wildman–Crippen MR) is 74.1 cm³/mol. The third-order valence-corrected chi connectivity index (χ3v) is 4.43. The van der Waals surface area contributed by atoms with Crippen molar-refractivity contribution in [3.8, 4) is 5.75 Å². The van der Waals surface area contributed by atoms with Crippen LogP contribution in [0.3, 0.4) is 0 Å². The minimum Gasteiger partial charge on any atom is -0.496 e. The van der Waals surface area contributed by atoms with Crippen LogP contribution < -0.4 is 10.5 Å². The number of hydrogen-bond donors (Lipinski definition) is 1. The minimum atomic E-state index is 0.0833. The van der Waals surface area contributed by atoms with Crippen LogP contribution in [0.25, 0.3) is 0 Å². The molecule has 0 spiro atoms. The molecule has 1 saturated carbocycles. The lowest BCUT2D eigenvalue weighted by atomic mass is 9.86. The Morgan fingerprint density at radius 3 is 2.76 bits per heavy atom. The van der Waals surface area contributed by atoms with Gasteiger partial charge in [0.1, 0.15) is 5.75 Å². The molecule has 0 radical (unpaired) electrons. The van der Waals surface area contributed by atoms with Crippen molar-refractivity contribution in [2.75, 3.05) is 7.11 Å². The Kier molecular flexibility index (Phi) is 4.10. The molecular weight excluding hydrogens is 278 g/mol. The van der Waals surface area contributed by atoms with Crippen LogP contribution in [0.4, 0.5) is 0 Å². The highest BCUT2D eigenvalue weighted by atomic mass is 79.9. The first kappa shape index (κ1) is 12.9. The zero-order chi connectivity index (χ0) is 12.4. The average Bonchev–Trinajstić information content (AvgIpc) is 2.74. The molecule has 2 N–H and O–H groups in total. The molecule has 3 atom stereocenters. The van der Waals surface area contributed by atoms with Crippen LogP contribution in [0, 0.1) is 11.8 Å². The first-order chi connectivity index (χ1) is 8.13. The smallest absolute Gasteiger partial charge is 0.123 e. The van der Waals surface area contributed by atoms with Crippen LogP contribution in [0.2, 0.25) is 0 Å². The highest BCUT2D eigenvalue weighted by Gasteiger charge is 2.31. The maximum atomic E-state index is 6.44. The zero-order valence-electron chi connectivity index (χ0n) is 10.4. The third kappa shape index (κ3) is 2.66. The van der Waals surface area contributed by atoms with Crippen molar-refractivity contribution in [1.82, 2.24) is 0 Å². The lowest BCUT2D eigenvalue weighted by Gasteiger charge is -2.25. The fraction of sp³-hybridized carbons (Fsp3) is 0.571. The van der Waals surface area contributed by atoms with Crippen LogP contribution in [0.5, 0.6) is 5.75 Å². The molecule has 0 saturated heterocycles. The SMILES string of the molecule is COc1ccc(Br)cc1C(N)C1CCCC1C. The fourth-order valence-electron chi connectivity index (χ4n) is 2.90. The number of methoxy groups -OCH3 is 1. The summed E-state index contributed by atoms with van der Waals surface area (Å²) in [4.78, 5) is 0. The molecule has 1 aromatic carbocycles. The maximum Gasteiger partial charge on any atom is 0.123 e. The lowest BCUT2D eigenvalue weighted by Crippen LogP contribution is -2.23. The summed E-state index contributed by atoms with van der Waals surface area (Å²) in [5.41, 5.74) is 7.56. The van der Waals surface area contributed by atoms with Crippen LogP contribution in [0.1, 0.15) is 37.8 Å². The molecule has 0 aliphatic heterocycles. The molecule has 0 amide bonds. The molecule has 1 aliphatic carbocycles. The van der Waals surface area contributed by atoms with Gasteiger partial charge in [-0.25, -0.2) is 0 Å². The summed E-state index contributed by atoms with van der Waals surface area (Å²) in [5, 5.41) is 0. The number of rotatable bonds is 3. The van der Waals surface area contributed by atoms with Crippen LogP contribution in [-0.2, 0) is 0 Å². The van der Waals surface area contributed by atoms with Crippen molar-refractivity contribution in [3.05, 3.63) is 28.2 Å². The van der Waals surface area contributed by atoms with Gasteiger partial charge in [-0.1, -0.05) is 35.7 Å². The quantitative estimate of drug-likeness (QED) is 0.918. The monoisotopic (exact) mass is 297 g/mol. The number of halogens is 1. The maximum absolute atomic E-state index is 6.44. The van der Waals surface area contributed by atoms with Gasteiger partial charge in [0, 0.05) is 16.1 Å². The Labute approximate surface area is 112 Å². The van der Waals surface area contributed by atoms with Gasteiger partial charge in [-0.2, -0.15) is 0 Å². The summed E-state index contributed by atoms with van der Waals surface area (Å²) >= 11 is 3.51. The number of ether oxygens (including phenoxy) is 1. The Hall–Kier alpha value is -0.540. The van der Waals surface area contributed by atoms with Crippen molar-refractivity contribution >= 4 is 15.9 Å². The summed E-state index contributed by atoms with van der Waals surface area (Å²) in [6, 6.07) is 6.15. The van der Waals surface area contributed by atoms with E-state index in [0.29, 0.717) is 11.8 Å². The second-order valence-electron chi connectivity index (χ2n) is 4.98. The molecule has 0 heterocycles. The molecule has 1 aliphatic rings. The summed E-state index contributed by atoms with van der Waals surface area (Å²) in [6.07, 6.45) is 3.84. The average molecular weight is 298 g/mol. The van der Waals surface area contributed by atoms with Crippen LogP contribution >= 0.6 is 15.9 Å². The second kappa shape index (κ2) is 5.40. The standard InChI is InChI=1S/C14H20BrNO/c1-9-4-3-5-11(9)14(16)12-8-10(15)6-7-13(12)17-2/h6-9,11,14H,3-5,16H2,1-2H3. The molecule has 2 nitrogen and oxygen atoms in total. The van der Waals surface area contributed by atoms with E-state index >= 15 is 0 Å². The largest absolute Gasteiger partial charge is 0.496 e. The Morgan fingerprint density at radius 1 is 1.41 bits per heavy atom. The molecule has 0 aromatic heterocycles. The number of hydrogen-bond acceptors (Lipinski definition) is 2.